The summed E-state index contributed by atoms with van der Waals surface area (Å²) >= 11 is 0. The third-order valence-corrected chi connectivity index (χ3v) is 2.72. The first-order chi connectivity index (χ1) is 8.59. The van der Waals surface area contributed by atoms with E-state index in [1.54, 1.807) is 13.0 Å². The van der Waals surface area contributed by atoms with Gasteiger partial charge in [-0.25, -0.2) is 9.02 Å². The van der Waals surface area contributed by atoms with Crippen molar-refractivity contribution in [2.45, 2.75) is 19.3 Å². The third-order valence-electron chi connectivity index (χ3n) is 2.72. The molecule has 0 bridgehead atoms. The summed E-state index contributed by atoms with van der Waals surface area (Å²) in [4.78, 5) is 11.2. The Morgan fingerprint density at radius 3 is 2.72 bits per heavy atom. The van der Waals surface area contributed by atoms with Gasteiger partial charge < -0.3 is 5.11 Å². The average molecular weight is 250 g/mol. The molecule has 0 amide bonds. The highest BCUT2D eigenvalue weighted by atomic mass is 19.1. The van der Waals surface area contributed by atoms with Crippen molar-refractivity contribution in [2.75, 3.05) is 0 Å². The number of hydrogen-bond acceptors (Lipinski definition) is 4. The van der Waals surface area contributed by atoms with Crippen molar-refractivity contribution in [2.24, 2.45) is 0 Å². The molecule has 5 nitrogen and oxygen atoms in total. The minimum Gasteiger partial charge on any atom is -0.481 e. The van der Waals surface area contributed by atoms with Crippen molar-refractivity contribution < 1.29 is 18.9 Å². The summed E-state index contributed by atoms with van der Waals surface area (Å²) in [5, 5.41) is 16.4. The molecule has 6 heteroatoms. The molecular formula is C12H11FN2O3. The molecule has 0 aliphatic rings. The summed E-state index contributed by atoms with van der Waals surface area (Å²) in [6.45, 7) is 1.66. The summed E-state index contributed by atoms with van der Waals surface area (Å²) in [7, 11) is 0. The van der Waals surface area contributed by atoms with Gasteiger partial charge in [-0.15, -0.1) is 0 Å². The summed E-state index contributed by atoms with van der Waals surface area (Å²) in [5.74, 6) is -2.65. The summed E-state index contributed by atoms with van der Waals surface area (Å²) in [6, 6.07) is 5.80. The van der Waals surface area contributed by atoms with Crippen molar-refractivity contribution >= 4 is 5.97 Å². The minimum absolute atomic E-state index is 0.0472. The molecule has 2 rings (SSSR count). The van der Waals surface area contributed by atoms with Gasteiger partial charge in [0.15, 0.2) is 0 Å². The molecular weight excluding hydrogens is 239 g/mol. The molecule has 1 heterocycles. The van der Waals surface area contributed by atoms with E-state index in [1.807, 2.05) is 0 Å². The number of rotatable bonds is 4. The van der Waals surface area contributed by atoms with E-state index < -0.39 is 17.7 Å². The Bertz CT molecular complexity index is 568. The average Bonchev–Trinajstić information content (AvgIpc) is 2.73. The molecule has 0 aliphatic carbocycles. The molecule has 0 saturated carbocycles. The SMILES string of the molecule is Cc1nonc1CC(C(=O)O)c1ccccc1F. The first-order valence-corrected chi connectivity index (χ1v) is 5.35. The molecule has 1 atom stereocenters. The zero-order valence-corrected chi connectivity index (χ0v) is 9.63. The fourth-order valence-electron chi connectivity index (χ4n) is 1.72. The van der Waals surface area contributed by atoms with Crippen LogP contribution in [0.15, 0.2) is 28.9 Å². The van der Waals surface area contributed by atoms with Crippen LogP contribution in [0.1, 0.15) is 22.9 Å². The number of aromatic nitrogens is 2. The van der Waals surface area contributed by atoms with E-state index >= 15 is 0 Å². The van der Waals surface area contributed by atoms with Gasteiger partial charge in [0.1, 0.15) is 17.2 Å². The molecule has 94 valence electrons. The van der Waals surface area contributed by atoms with Crippen molar-refractivity contribution in [3.63, 3.8) is 0 Å². The van der Waals surface area contributed by atoms with Crippen LogP contribution in [0.4, 0.5) is 4.39 Å². The van der Waals surface area contributed by atoms with Gasteiger partial charge in [-0.3, -0.25) is 4.79 Å². The molecule has 0 aliphatic heterocycles. The number of halogens is 1. The lowest BCUT2D eigenvalue weighted by molar-refractivity contribution is -0.138. The van der Waals surface area contributed by atoms with Gasteiger partial charge in [0.2, 0.25) is 0 Å². The second kappa shape index (κ2) is 4.95. The summed E-state index contributed by atoms with van der Waals surface area (Å²) in [6.07, 6.45) is 0.0472. The number of hydrogen-bond donors (Lipinski definition) is 1. The molecule has 1 aromatic carbocycles. The number of aryl methyl sites for hydroxylation is 1. The van der Waals surface area contributed by atoms with Gasteiger partial charge in [0.05, 0.1) is 5.92 Å². The van der Waals surface area contributed by atoms with Gasteiger partial charge in [-0.05, 0) is 13.0 Å². The van der Waals surface area contributed by atoms with Crippen molar-refractivity contribution in [1.29, 1.82) is 0 Å². The van der Waals surface area contributed by atoms with Crippen LogP contribution in [0.25, 0.3) is 0 Å². The standard InChI is InChI=1S/C12H11FN2O3/c1-7-11(15-18-14-7)6-9(12(16)17)8-4-2-3-5-10(8)13/h2-5,9H,6H2,1H3,(H,16,17). The molecule has 1 N–H and O–H groups in total. The van der Waals surface area contributed by atoms with Crippen LogP contribution in [-0.4, -0.2) is 21.4 Å². The van der Waals surface area contributed by atoms with E-state index in [2.05, 4.69) is 14.9 Å². The van der Waals surface area contributed by atoms with E-state index in [-0.39, 0.29) is 12.0 Å². The Labute approximate surface area is 102 Å². The molecule has 18 heavy (non-hydrogen) atoms. The monoisotopic (exact) mass is 250 g/mol. The fraction of sp³-hybridized carbons (Fsp3) is 0.250. The van der Waals surface area contributed by atoms with Crippen LogP contribution in [-0.2, 0) is 11.2 Å². The summed E-state index contributed by atoms with van der Waals surface area (Å²) < 4.78 is 18.1. The molecule has 0 spiro atoms. The lowest BCUT2D eigenvalue weighted by atomic mass is 9.93. The second-order valence-electron chi connectivity index (χ2n) is 3.91. The third kappa shape index (κ3) is 2.37. The minimum atomic E-state index is -1.11. The molecule has 1 unspecified atom stereocenters. The van der Waals surface area contributed by atoms with Crippen LogP contribution in [0.5, 0.6) is 0 Å². The van der Waals surface area contributed by atoms with Gasteiger partial charge in [0.25, 0.3) is 0 Å². The number of carboxylic acids is 1. The van der Waals surface area contributed by atoms with Crippen molar-refractivity contribution in [3.05, 3.63) is 47.0 Å². The maximum atomic E-state index is 13.6. The summed E-state index contributed by atoms with van der Waals surface area (Å²) in [5.41, 5.74) is 1.07. The van der Waals surface area contributed by atoms with E-state index in [4.69, 9.17) is 0 Å². The number of nitrogens with zero attached hydrogens (tertiary/aromatic N) is 2. The van der Waals surface area contributed by atoms with Crippen LogP contribution in [0.2, 0.25) is 0 Å². The van der Waals surface area contributed by atoms with E-state index in [0.717, 1.165) is 0 Å². The highest BCUT2D eigenvalue weighted by Gasteiger charge is 2.25. The van der Waals surface area contributed by atoms with Crippen molar-refractivity contribution in [3.8, 4) is 0 Å². The van der Waals surface area contributed by atoms with E-state index in [0.29, 0.717) is 11.4 Å². The molecule has 2 aromatic rings. The van der Waals surface area contributed by atoms with Gasteiger partial charge in [-0.2, -0.15) is 0 Å². The van der Waals surface area contributed by atoms with Crippen molar-refractivity contribution in [1.82, 2.24) is 10.3 Å². The smallest absolute Gasteiger partial charge is 0.311 e. The Hall–Kier alpha value is -2.24. The van der Waals surface area contributed by atoms with Crippen LogP contribution < -0.4 is 0 Å². The van der Waals surface area contributed by atoms with Gasteiger partial charge >= 0.3 is 5.97 Å². The molecule has 0 radical (unpaired) electrons. The fourth-order valence-corrected chi connectivity index (χ4v) is 1.72. The molecule has 0 saturated heterocycles. The number of carbonyl (C=O) groups is 1. The quantitative estimate of drug-likeness (QED) is 0.897. The predicted octanol–water partition coefficient (Wildman–Crippen LogP) is 1.93. The highest BCUT2D eigenvalue weighted by molar-refractivity contribution is 5.76. The second-order valence-corrected chi connectivity index (χ2v) is 3.91. The highest BCUT2D eigenvalue weighted by Crippen LogP contribution is 2.24. The first-order valence-electron chi connectivity index (χ1n) is 5.35. The number of aliphatic carboxylic acids is 1. The normalized spacial score (nSPS) is 12.3. The van der Waals surface area contributed by atoms with Crippen LogP contribution in [0, 0.1) is 12.7 Å². The van der Waals surface area contributed by atoms with Crippen LogP contribution in [0.3, 0.4) is 0 Å². The Morgan fingerprint density at radius 2 is 2.17 bits per heavy atom. The van der Waals surface area contributed by atoms with E-state index in [9.17, 15) is 14.3 Å². The lowest BCUT2D eigenvalue weighted by Gasteiger charge is -2.11. The number of carboxylic acid groups (broad SMARTS) is 1. The Balaban J connectivity index is 2.33. The lowest BCUT2D eigenvalue weighted by Crippen LogP contribution is -2.16. The van der Waals surface area contributed by atoms with Crippen LogP contribution >= 0.6 is 0 Å². The Kier molecular flexibility index (Phi) is 3.36. The van der Waals surface area contributed by atoms with E-state index in [1.165, 1.54) is 18.2 Å². The first kappa shape index (κ1) is 12.2. The largest absolute Gasteiger partial charge is 0.481 e. The maximum absolute atomic E-state index is 13.6. The Morgan fingerprint density at radius 1 is 1.44 bits per heavy atom. The maximum Gasteiger partial charge on any atom is 0.311 e. The predicted molar refractivity (Wildman–Crippen MR) is 59.5 cm³/mol. The molecule has 0 fully saturated rings. The molecule has 1 aromatic heterocycles. The van der Waals surface area contributed by atoms with Gasteiger partial charge in [-0.1, -0.05) is 28.5 Å². The number of benzene rings is 1. The zero-order valence-electron chi connectivity index (χ0n) is 9.63. The topological polar surface area (TPSA) is 76.2 Å². The zero-order chi connectivity index (χ0) is 13.1. The van der Waals surface area contributed by atoms with Gasteiger partial charge in [0, 0.05) is 12.0 Å².